The number of aromatic carboxylic acids is 1. The van der Waals surface area contributed by atoms with E-state index in [9.17, 15) is 9.00 Å². The number of fused-ring (bicyclic) bond motifs is 1. The average Bonchev–Trinajstić information content (AvgIpc) is 2.27. The van der Waals surface area contributed by atoms with Gasteiger partial charge in [0.25, 0.3) is 11.3 Å². The quantitative estimate of drug-likeness (QED) is 0.764. The van der Waals surface area contributed by atoms with Crippen LogP contribution in [0.5, 0.6) is 0 Å². The monoisotopic (exact) mass is 241 g/mol. The first-order valence-corrected chi connectivity index (χ1v) is 5.90. The van der Waals surface area contributed by atoms with Gasteiger partial charge in [-0.05, 0) is 36.6 Å². The first-order chi connectivity index (χ1) is 7.59. The molecule has 0 spiro atoms. The lowest BCUT2D eigenvalue weighted by Crippen LogP contribution is -2.30. The molecule has 0 saturated carbocycles. The van der Waals surface area contributed by atoms with E-state index in [-0.39, 0.29) is 5.56 Å². The van der Waals surface area contributed by atoms with Gasteiger partial charge in [0.1, 0.15) is 0 Å². The van der Waals surface area contributed by atoms with Crippen molar-refractivity contribution < 1.29 is 18.7 Å². The SMILES string of the molecule is O=C(O)c1ccc2c(c1)CCCN2S(=O)O. The van der Waals surface area contributed by atoms with E-state index in [2.05, 4.69) is 0 Å². The second-order valence-electron chi connectivity index (χ2n) is 3.59. The molecule has 2 rings (SSSR count). The molecular weight excluding hydrogens is 230 g/mol. The molecule has 5 nitrogen and oxygen atoms in total. The molecule has 0 fully saturated rings. The number of carboxylic acids is 1. The predicted octanol–water partition coefficient (Wildman–Crippen LogP) is 1.27. The third kappa shape index (κ3) is 1.94. The van der Waals surface area contributed by atoms with Gasteiger partial charge in [0.2, 0.25) is 0 Å². The first kappa shape index (κ1) is 11.1. The number of aryl methyl sites for hydroxylation is 1. The Morgan fingerprint density at radius 3 is 2.81 bits per heavy atom. The van der Waals surface area contributed by atoms with Crippen LogP contribution >= 0.6 is 0 Å². The summed E-state index contributed by atoms with van der Waals surface area (Å²) in [5.74, 6) is -0.981. The van der Waals surface area contributed by atoms with Gasteiger partial charge in [-0.3, -0.25) is 8.86 Å². The normalized spacial score (nSPS) is 16.7. The number of nitrogens with zero attached hydrogens (tertiary/aromatic N) is 1. The number of benzene rings is 1. The van der Waals surface area contributed by atoms with Crippen LogP contribution in [0.3, 0.4) is 0 Å². The maximum absolute atomic E-state index is 11.1. The Balaban J connectivity index is 2.44. The van der Waals surface area contributed by atoms with Gasteiger partial charge in [0.05, 0.1) is 11.3 Å². The molecule has 16 heavy (non-hydrogen) atoms. The number of rotatable bonds is 2. The summed E-state index contributed by atoms with van der Waals surface area (Å²) in [4.78, 5) is 10.8. The Morgan fingerprint density at radius 1 is 1.44 bits per heavy atom. The van der Waals surface area contributed by atoms with Gasteiger partial charge in [-0.15, -0.1) is 0 Å². The van der Waals surface area contributed by atoms with Crippen LogP contribution in [0.25, 0.3) is 0 Å². The summed E-state index contributed by atoms with van der Waals surface area (Å²) in [6.45, 7) is 0.516. The average molecular weight is 241 g/mol. The summed E-state index contributed by atoms with van der Waals surface area (Å²) < 4.78 is 21.5. The summed E-state index contributed by atoms with van der Waals surface area (Å²) in [6.07, 6.45) is 1.49. The summed E-state index contributed by atoms with van der Waals surface area (Å²) >= 11 is -2.04. The lowest BCUT2D eigenvalue weighted by molar-refractivity contribution is 0.0697. The predicted molar refractivity (Wildman–Crippen MR) is 59.8 cm³/mol. The molecule has 6 heteroatoms. The smallest absolute Gasteiger partial charge is 0.335 e. The van der Waals surface area contributed by atoms with Gasteiger partial charge in [-0.2, -0.15) is 0 Å². The molecule has 0 radical (unpaired) electrons. The minimum atomic E-state index is -2.04. The summed E-state index contributed by atoms with van der Waals surface area (Å²) in [5.41, 5.74) is 1.68. The highest BCUT2D eigenvalue weighted by atomic mass is 32.2. The van der Waals surface area contributed by atoms with Gasteiger partial charge in [-0.25, -0.2) is 9.00 Å². The van der Waals surface area contributed by atoms with Gasteiger partial charge in [-0.1, -0.05) is 0 Å². The zero-order valence-electron chi connectivity index (χ0n) is 8.42. The summed E-state index contributed by atoms with van der Waals surface area (Å²) in [7, 11) is 0. The molecule has 0 aromatic heterocycles. The Hall–Kier alpha value is -1.40. The third-order valence-corrected chi connectivity index (χ3v) is 3.35. The van der Waals surface area contributed by atoms with Crippen molar-refractivity contribution in [2.75, 3.05) is 10.8 Å². The highest BCUT2D eigenvalue weighted by Crippen LogP contribution is 2.28. The topological polar surface area (TPSA) is 77.8 Å². The standard InChI is InChI=1S/C10H11NO4S/c12-10(13)8-3-4-9-7(6-8)2-1-5-11(9)16(14)15/h3-4,6H,1-2,5H2,(H,12,13)(H,14,15). The zero-order valence-corrected chi connectivity index (χ0v) is 9.24. The summed E-state index contributed by atoms with van der Waals surface area (Å²) in [6, 6.07) is 4.61. The minimum Gasteiger partial charge on any atom is -0.478 e. The number of carboxylic acid groups (broad SMARTS) is 1. The fourth-order valence-corrected chi connectivity index (χ4v) is 2.49. The van der Waals surface area contributed by atoms with E-state index in [1.165, 1.54) is 10.4 Å². The molecule has 1 unspecified atom stereocenters. The van der Waals surface area contributed by atoms with E-state index in [0.717, 1.165) is 18.4 Å². The van der Waals surface area contributed by atoms with Crippen molar-refractivity contribution in [1.29, 1.82) is 0 Å². The van der Waals surface area contributed by atoms with Crippen LogP contribution < -0.4 is 4.31 Å². The van der Waals surface area contributed by atoms with Crippen LogP contribution in [0.1, 0.15) is 22.3 Å². The largest absolute Gasteiger partial charge is 0.478 e. The van der Waals surface area contributed by atoms with E-state index in [4.69, 9.17) is 9.66 Å². The molecule has 2 N–H and O–H groups in total. The second kappa shape index (κ2) is 4.23. The Kier molecular flexibility index (Phi) is 2.93. The minimum absolute atomic E-state index is 0.212. The first-order valence-electron chi connectivity index (χ1n) is 4.84. The van der Waals surface area contributed by atoms with Crippen molar-refractivity contribution in [1.82, 2.24) is 0 Å². The van der Waals surface area contributed by atoms with Gasteiger partial charge >= 0.3 is 5.97 Å². The van der Waals surface area contributed by atoms with Crippen LogP contribution in [0, 0.1) is 0 Å². The van der Waals surface area contributed by atoms with Crippen LogP contribution in [0.15, 0.2) is 18.2 Å². The molecule has 86 valence electrons. The van der Waals surface area contributed by atoms with Crippen molar-refractivity contribution in [2.24, 2.45) is 0 Å². The maximum atomic E-state index is 11.1. The third-order valence-electron chi connectivity index (χ3n) is 2.59. The molecule has 0 aliphatic carbocycles. The number of carbonyl (C=O) groups is 1. The second-order valence-corrected chi connectivity index (χ2v) is 4.49. The van der Waals surface area contributed by atoms with E-state index in [1.807, 2.05) is 0 Å². The molecule has 1 aromatic carbocycles. The molecule has 1 atom stereocenters. The fraction of sp³-hybridized carbons (Fsp3) is 0.300. The molecule has 0 bridgehead atoms. The Labute approximate surface area is 95.1 Å². The molecule has 0 saturated heterocycles. The summed E-state index contributed by atoms with van der Waals surface area (Å²) in [5, 5.41) is 8.84. The fourth-order valence-electron chi connectivity index (χ4n) is 1.86. The van der Waals surface area contributed by atoms with Crippen molar-refractivity contribution in [3.05, 3.63) is 29.3 Å². The lowest BCUT2D eigenvalue weighted by Gasteiger charge is -2.27. The van der Waals surface area contributed by atoms with Crippen LogP contribution in [-0.2, 0) is 17.7 Å². The Bertz CT molecular complexity index is 460. The van der Waals surface area contributed by atoms with Crippen molar-refractivity contribution >= 4 is 22.9 Å². The van der Waals surface area contributed by atoms with E-state index in [0.29, 0.717) is 12.2 Å². The van der Waals surface area contributed by atoms with Crippen molar-refractivity contribution in [3.63, 3.8) is 0 Å². The maximum Gasteiger partial charge on any atom is 0.335 e. The van der Waals surface area contributed by atoms with Crippen LogP contribution in [-0.4, -0.2) is 26.4 Å². The molecule has 1 aromatic rings. The van der Waals surface area contributed by atoms with Gasteiger partial charge in [0.15, 0.2) is 0 Å². The number of anilines is 1. The van der Waals surface area contributed by atoms with Gasteiger partial charge < -0.3 is 5.11 Å². The molecule has 0 amide bonds. The molecular formula is C10H11NO4S. The highest BCUT2D eigenvalue weighted by molar-refractivity contribution is 7.80. The van der Waals surface area contributed by atoms with Crippen molar-refractivity contribution in [3.8, 4) is 0 Å². The van der Waals surface area contributed by atoms with E-state index >= 15 is 0 Å². The number of hydrogen-bond acceptors (Lipinski definition) is 2. The zero-order chi connectivity index (χ0) is 11.7. The van der Waals surface area contributed by atoms with Crippen molar-refractivity contribution in [2.45, 2.75) is 12.8 Å². The number of hydrogen-bond donors (Lipinski definition) is 2. The highest BCUT2D eigenvalue weighted by Gasteiger charge is 2.21. The molecule has 1 aliphatic heterocycles. The van der Waals surface area contributed by atoms with E-state index in [1.54, 1.807) is 12.1 Å². The molecule has 1 heterocycles. The lowest BCUT2D eigenvalue weighted by atomic mass is 10.0. The Morgan fingerprint density at radius 2 is 2.19 bits per heavy atom. The van der Waals surface area contributed by atoms with Crippen LogP contribution in [0.4, 0.5) is 5.69 Å². The molecule has 1 aliphatic rings. The van der Waals surface area contributed by atoms with Crippen LogP contribution in [0.2, 0.25) is 0 Å². The van der Waals surface area contributed by atoms with Gasteiger partial charge in [0, 0.05) is 6.54 Å². The van der Waals surface area contributed by atoms with E-state index < -0.39 is 17.2 Å².